The molecule has 0 spiro atoms. The van der Waals surface area contributed by atoms with Crippen molar-refractivity contribution in [1.29, 1.82) is 0 Å². The summed E-state index contributed by atoms with van der Waals surface area (Å²) in [4.78, 5) is 28.2. The lowest BCUT2D eigenvalue weighted by Crippen LogP contribution is -2.29. The van der Waals surface area contributed by atoms with E-state index in [9.17, 15) is 14.7 Å². The van der Waals surface area contributed by atoms with Crippen LogP contribution >= 0.6 is 34.7 Å². The summed E-state index contributed by atoms with van der Waals surface area (Å²) in [6, 6.07) is 19.3. The number of Topliss-reactive ketones (excluding diaryl/α,β-unsaturated/α-hetero) is 1. The van der Waals surface area contributed by atoms with Crippen molar-refractivity contribution in [3.8, 4) is 5.75 Å². The summed E-state index contributed by atoms with van der Waals surface area (Å²) in [5.74, 6) is -0.506. The van der Waals surface area contributed by atoms with Gasteiger partial charge in [0.25, 0.3) is 5.78 Å². The first-order valence-electron chi connectivity index (χ1n) is 12.0. The zero-order chi connectivity index (χ0) is 27.7. The topological polar surface area (TPSA) is 92.6 Å². The molecule has 1 aromatic heterocycles. The molecule has 7 nitrogen and oxygen atoms in total. The molecule has 2 heterocycles. The molecule has 0 radical (unpaired) electrons. The van der Waals surface area contributed by atoms with Crippen LogP contribution in [0.25, 0.3) is 5.76 Å². The molecule has 1 N–H and O–H groups in total. The zero-order valence-electron chi connectivity index (χ0n) is 21.3. The van der Waals surface area contributed by atoms with Crippen molar-refractivity contribution >= 4 is 57.3 Å². The summed E-state index contributed by atoms with van der Waals surface area (Å²) in [6.07, 6.45) is 0. The molecular weight excluding hydrogens is 554 g/mol. The van der Waals surface area contributed by atoms with Gasteiger partial charge in [-0.1, -0.05) is 76.7 Å². The molecule has 0 bridgehead atoms. The van der Waals surface area contributed by atoms with Gasteiger partial charge in [-0.15, -0.1) is 10.2 Å². The number of aliphatic hydroxyl groups excluding tert-OH is 1. The summed E-state index contributed by atoms with van der Waals surface area (Å²) < 4.78 is 5.94. The lowest BCUT2D eigenvalue weighted by Gasteiger charge is -2.23. The van der Waals surface area contributed by atoms with Crippen LogP contribution in [0, 0.1) is 13.8 Å². The number of nitrogens with zero attached hydrogens (tertiary/aromatic N) is 3. The SMILES string of the molecule is COc1ccc(C2C(=C(O)c3cc(C)ccc3C)C(=O)C(=O)N2c2nnc(SCc3ccc(Cl)cc3)s2)cc1. The van der Waals surface area contributed by atoms with Gasteiger partial charge in [-0.25, -0.2) is 0 Å². The maximum absolute atomic E-state index is 13.5. The van der Waals surface area contributed by atoms with Crippen LogP contribution in [-0.4, -0.2) is 34.1 Å². The fourth-order valence-electron chi connectivity index (χ4n) is 4.35. The smallest absolute Gasteiger partial charge is 0.301 e. The van der Waals surface area contributed by atoms with Crippen molar-refractivity contribution < 1.29 is 19.4 Å². The van der Waals surface area contributed by atoms with Gasteiger partial charge < -0.3 is 9.84 Å². The highest BCUT2D eigenvalue weighted by Crippen LogP contribution is 2.44. The van der Waals surface area contributed by atoms with Gasteiger partial charge in [0, 0.05) is 16.3 Å². The molecular formula is C29H24ClN3O4S2. The first-order valence-corrected chi connectivity index (χ1v) is 14.2. The van der Waals surface area contributed by atoms with Gasteiger partial charge >= 0.3 is 5.91 Å². The van der Waals surface area contributed by atoms with E-state index in [1.165, 1.54) is 28.0 Å². The fraction of sp³-hybridized carbons (Fsp3) is 0.172. The number of aryl methyl sites for hydroxylation is 2. The Bertz CT molecular complexity index is 1580. The second-order valence-electron chi connectivity index (χ2n) is 9.03. The summed E-state index contributed by atoms with van der Waals surface area (Å²) in [6.45, 7) is 3.75. The van der Waals surface area contributed by atoms with Gasteiger partial charge in [0.1, 0.15) is 11.5 Å². The van der Waals surface area contributed by atoms with Crippen molar-refractivity contribution in [2.24, 2.45) is 0 Å². The van der Waals surface area contributed by atoms with Crippen molar-refractivity contribution in [1.82, 2.24) is 10.2 Å². The Morgan fingerprint density at radius 1 is 1.05 bits per heavy atom. The Morgan fingerprint density at radius 2 is 1.77 bits per heavy atom. The molecule has 1 aliphatic heterocycles. The van der Waals surface area contributed by atoms with Gasteiger partial charge in [0.05, 0.1) is 18.7 Å². The molecule has 0 aliphatic carbocycles. The van der Waals surface area contributed by atoms with E-state index in [1.54, 1.807) is 37.4 Å². The third-order valence-electron chi connectivity index (χ3n) is 6.40. The largest absolute Gasteiger partial charge is 0.507 e. The number of rotatable bonds is 7. The van der Waals surface area contributed by atoms with Crippen LogP contribution in [0.4, 0.5) is 5.13 Å². The van der Waals surface area contributed by atoms with Crippen LogP contribution in [0.5, 0.6) is 5.75 Å². The molecule has 1 aliphatic rings. The predicted octanol–water partition coefficient (Wildman–Crippen LogP) is 6.74. The highest BCUT2D eigenvalue weighted by molar-refractivity contribution is 8.00. The van der Waals surface area contributed by atoms with Crippen molar-refractivity contribution in [3.05, 3.63) is 105 Å². The molecule has 198 valence electrons. The number of anilines is 1. The van der Waals surface area contributed by atoms with Crippen LogP contribution in [0.1, 0.15) is 33.9 Å². The van der Waals surface area contributed by atoms with Crippen LogP contribution < -0.4 is 9.64 Å². The Labute approximate surface area is 239 Å². The van der Waals surface area contributed by atoms with Gasteiger partial charge in [-0.05, 0) is 60.9 Å². The van der Waals surface area contributed by atoms with E-state index in [-0.39, 0.29) is 16.5 Å². The van der Waals surface area contributed by atoms with Crippen LogP contribution in [0.3, 0.4) is 0 Å². The van der Waals surface area contributed by atoms with Gasteiger partial charge in [0.2, 0.25) is 5.13 Å². The zero-order valence-corrected chi connectivity index (χ0v) is 23.7. The number of benzene rings is 3. The Kier molecular flexibility index (Phi) is 7.74. The molecule has 3 aromatic carbocycles. The van der Waals surface area contributed by atoms with E-state index < -0.39 is 17.7 Å². The third kappa shape index (κ3) is 5.43. The number of amides is 1. The Balaban J connectivity index is 1.56. The Morgan fingerprint density at radius 3 is 2.46 bits per heavy atom. The number of hydrogen-bond donors (Lipinski definition) is 1. The number of ether oxygens (including phenoxy) is 1. The minimum Gasteiger partial charge on any atom is -0.507 e. The van der Waals surface area contributed by atoms with Crippen molar-refractivity contribution in [2.45, 2.75) is 30.0 Å². The second kappa shape index (κ2) is 11.2. The van der Waals surface area contributed by atoms with Crippen LogP contribution in [-0.2, 0) is 15.3 Å². The van der Waals surface area contributed by atoms with Crippen molar-refractivity contribution in [3.63, 3.8) is 0 Å². The predicted molar refractivity (Wildman–Crippen MR) is 155 cm³/mol. The number of halogens is 1. The summed E-state index contributed by atoms with van der Waals surface area (Å²) >= 11 is 8.67. The number of hydrogen-bond acceptors (Lipinski definition) is 8. The first kappa shape index (κ1) is 26.9. The average molecular weight is 578 g/mol. The van der Waals surface area contributed by atoms with Crippen molar-refractivity contribution in [2.75, 3.05) is 12.0 Å². The summed E-state index contributed by atoms with van der Waals surface area (Å²) in [7, 11) is 1.56. The van der Waals surface area contributed by atoms with Crippen LogP contribution in [0.15, 0.2) is 76.6 Å². The molecule has 0 saturated carbocycles. The first-order chi connectivity index (χ1) is 18.8. The van der Waals surface area contributed by atoms with E-state index in [2.05, 4.69) is 10.2 Å². The fourth-order valence-corrected chi connectivity index (χ4v) is 6.30. The van der Waals surface area contributed by atoms with E-state index in [4.69, 9.17) is 16.3 Å². The maximum Gasteiger partial charge on any atom is 0.301 e. The molecule has 1 fully saturated rings. The lowest BCUT2D eigenvalue weighted by molar-refractivity contribution is -0.132. The lowest BCUT2D eigenvalue weighted by atomic mass is 9.93. The third-order valence-corrected chi connectivity index (χ3v) is 8.78. The van der Waals surface area contributed by atoms with Gasteiger partial charge in [-0.3, -0.25) is 14.5 Å². The van der Waals surface area contributed by atoms with Gasteiger partial charge in [0.15, 0.2) is 4.34 Å². The van der Waals surface area contributed by atoms with Crippen LogP contribution in [0.2, 0.25) is 5.02 Å². The molecule has 1 amide bonds. The standard InChI is InChI=1S/C29H24ClN3O4S2/c1-16-4-5-17(2)22(14-16)25(34)23-24(19-8-12-21(37-3)13-9-19)33(27(36)26(23)35)28-31-32-29(39-28)38-15-18-6-10-20(30)11-7-18/h4-14,24,34H,15H2,1-3H3. The minimum atomic E-state index is -0.891. The number of thioether (sulfide) groups is 1. The molecule has 10 heteroatoms. The highest BCUT2D eigenvalue weighted by atomic mass is 35.5. The molecule has 4 aromatic rings. The quantitative estimate of drug-likeness (QED) is 0.0855. The molecule has 5 rings (SSSR count). The maximum atomic E-state index is 13.5. The number of ketones is 1. The molecule has 1 unspecified atom stereocenters. The molecule has 39 heavy (non-hydrogen) atoms. The normalized spacial score (nSPS) is 16.6. The van der Waals surface area contributed by atoms with E-state index in [0.717, 1.165) is 16.7 Å². The number of carbonyl (C=O) groups excluding carboxylic acids is 2. The Hall–Kier alpha value is -3.66. The second-order valence-corrected chi connectivity index (χ2v) is 11.6. The van der Waals surface area contributed by atoms with E-state index in [1.807, 2.05) is 50.2 Å². The summed E-state index contributed by atoms with van der Waals surface area (Å²) in [5.41, 5.74) is 3.91. The van der Waals surface area contributed by atoms with E-state index >= 15 is 0 Å². The minimum absolute atomic E-state index is 0.00411. The number of aromatic nitrogens is 2. The molecule has 1 atom stereocenters. The number of aliphatic hydroxyl groups is 1. The average Bonchev–Trinajstić information content (AvgIpc) is 3.51. The molecule has 1 saturated heterocycles. The monoisotopic (exact) mass is 577 g/mol. The highest BCUT2D eigenvalue weighted by Gasteiger charge is 2.48. The van der Waals surface area contributed by atoms with E-state index in [0.29, 0.717) is 32.0 Å². The van der Waals surface area contributed by atoms with Gasteiger partial charge in [-0.2, -0.15) is 0 Å². The number of carbonyl (C=O) groups is 2. The number of methoxy groups -OCH3 is 1. The summed E-state index contributed by atoms with van der Waals surface area (Å²) in [5, 5.41) is 20.9.